The van der Waals surface area contributed by atoms with E-state index in [9.17, 15) is 8.60 Å². The molecule has 0 radical (unpaired) electrons. The molecule has 178 valence electrons. The Morgan fingerprint density at radius 3 is 2.18 bits per heavy atom. The first-order valence-electron chi connectivity index (χ1n) is 11.0. The Labute approximate surface area is 200 Å². The predicted octanol–water partition coefficient (Wildman–Crippen LogP) is 5.17. The zero-order valence-corrected chi connectivity index (χ0v) is 20.0. The van der Waals surface area contributed by atoms with E-state index in [0.717, 1.165) is 35.2 Å². The van der Waals surface area contributed by atoms with E-state index < -0.39 is 10.8 Å². The molecule has 1 aliphatic rings. The molecule has 5 rings (SSSR count). The summed E-state index contributed by atoms with van der Waals surface area (Å²) >= 11 is 0. The molecule has 1 saturated heterocycles. The smallest absolute Gasteiger partial charge is 0.193 e. The van der Waals surface area contributed by atoms with E-state index >= 15 is 0 Å². The van der Waals surface area contributed by atoms with Gasteiger partial charge in [0.25, 0.3) is 0 Å². The highest BCUT2D eigenvalue weighted by molar-refractivity contribution is 7.83. The first-order valence-corrected chi connectivity index (χ1v) is 13.0. The van der Waals surface area contributed by atoms with Crippen LogP contribution in [0, 0.1) is 5.82 Å². The number of benzene rings is 2. The number of pyridine rings is 1. The number of fused-ring (bicyclic) bond motifs is 1. The summed E-state index contributed by atoms with van der Waals surface area (Å²) in [6.45, 7) is 1.41. The van der Waals surface area contributed by atoms with E-state index in [1.807, 2.05) is 54.6 Å². The number of rotatable bonds is 4. The number of aromatic nitrogens is 2. The van der Waals surface area contributed by atoms with E-state index in [2.05, 4.69) is 9.97 Å². The van der Waals surface area contributed by atoms with Gasteiger partial charge in [-0.05, 0) is 23.3 Å². The van der Waals surface area contributed by atoms with Gasteiger partial charge in [0, 0.05) is 59.5 Å². The molecule has 0 amide bonds. The summed E-state index contributed by atoms with van der Waals surface area (Å²) in [5.41, 5.74) is 10.9. The van der Waals surface area contributed by atoms with Gasteiger partial charge in [-0.15, -0.1) is 0 Å². The average molecular weight is 482 g/mol. The zero-order valence-electron chi connectivity index (χ0n) is 19.2. The molecule has 0 aliphatic carbocycles. The normalized spacial score (nSPS) is 14.1. The summed E-state index contributed by atoms with van der Waals surface area (Å²) in [6, 6.07) is 18.7. The molecule has 0 bridgehead atoms. The average Bonchev–Trinajstić information content (AvgIpc) is 3.20. The first kappa shape index (κ1) is 23.9. The highest BCUT2D eigenvalue weighted by atomic mass is 32.2. The minimum absolute atomic E-state index is 0.108. The lowest BCUT2D eigenvalue weighted by atomic mass is 10.0. The number of ether oxygens (including phenoxy) is 2. The molecule has 0 unspecified atom stereocenters. The van der Waals surface area contributed by atoms with Gasteiger partial charge in [0.1, 0.15) is 11.8 Å². The first-order chi connectivity index (χ1) is 16.4. The number of hydrogen-bond acceptors (Lipinski definition) is 5. The van der Waals surface area contributed by atoms with Gasteiger partial charge in [0.15, 0.2) is 11.7 Å². The van der Waals surface area contributed by atoms with Crippen molar-refractivity contribution in [2.45, 2.75) is 18.9 Å². The predicted molar refractivity (Wildman–Crippen MR) is 136 cm³/mol. The summed E-state index contributed by atoms with van der Waals surface area (Å²) in [4.78, 5) is 7.67. The zero-order chi connectivity index (χ0) is 24.1. The molecule has 3 N–H and O–H groups in total. The second kappa shape index (κ2) is 10.8. The number of nitrogens with zero attached hydrogens (tertiary/aromatic N) is 1. The van der Waals surface area contributed by atoms with Crippen LogP contribution in [0.5, 0.6) is 5.88 Å². The number of H-pyrrole nitrogens is 1. The number of anilines is 1. The monoisotopic (exact) mass is 481 g/mol. The topological polar surface area (TPSA) is 90.2 Å². The van der Waals surface area contributed by atoms with Gasteiger partial charge in [0.05, 0.1) is 24.2 Å². The molecular weight excluding hydrogens is 453 g/mol. The highest BCUT2D eigenvalue weighted by Crippen LogP contribution is 2.29. The molecule has 2 aromatic heterocycles. The minimum Gasteiger partial charge on any atom is -0.475 e. The van der Waals surface area contributed by atoms with Gasteiger partial charge in [0.2, 0.25) is 0 Å². The Bertz CT molecular complexity index is 1260. The Balaban J connectivity index is 0.000000636. The van der Waals surface area contributed by atoms with Crippen molar-refractivity contribution in [3.63, 3.8) is 0 Å². The van der Waals surface area contributed by atoms with Crippen molar-refractivity contribution in [1.82, 2.24) is 9.97 Å². The maximum atomic E-state index is 14.8. The van der Waals surface area contributed by atoms with Crippen LogP contribution >= 0.6 is 0 Å². The molecule has 0 spiro atoms. The molecular formula is C26H28FN3O3S. The molecule has 4 aromatic rings. The molecule has 1 aliphatic heterocycles. The van der Waals surface area contributed by atoms with Gasteiger partial charge in [-0.25, -0.2) is 9.37 Å². The standard InChI is InChI=1S/C24H22FN3O2.C2H6OS/c25-20-13-21-22(14-23(27-21)30-19-9-11-29-12-10-19)28-24(20)17-3-1-15(2-4-17)16-5-7-18(26)8-6-16;1-4(2)3/h1-8,13-14,19,27H,9-12,26H2;1-2H3. The van der Waals surface area contributed by atoms with Crippen LogP contribution < -0.4 is 10.5 Å². The quantitative estimate of drug-likeness (QED) is 0.393. The Morgan fingerprint density at radius 2 is 1.56 bits per heavy atom. The number of nitrogens with one attached hydrogen (secondary N) is 1. The van der Waals surface area contributed by atoms with Crippen LogP contribution in [0.3, 0.4) is 0 Å². The molecule has 6 nitrogen and oxygen atoms in total. The Hall–Kier alpha value is -3.23. The largest absolute Gasteiger partial charge is 0.475 e. The maximum Gasteiger partial charge on any atom is 0.193 e. The van der Waals surface area contributed by atoms with E-state index in [1.165, 1.54) is 6.07 Å². The van der Waals surface area contributed by atoms with Crippen molar-refractivity contribution < 1.29 is 18.1 Å². The van der Waals surface area contributed by atoms with E-state index in [1.54, 1.807) is 12.5 Å². The fourth-order valence-electron chi connectivity index (χ4n) is 3.74. The van der Waals surface area contributed by atoms with Crippen LogP contribution in [0.25, 0.3) is 33.4 Å². The summed E-state index contributed by atoms with van der Waals surface area (Å²) in [7, 11) is -0.611. The summed E-state index contributed by atoms with van der Waals surface area (Å²) < 4.78 is 35.7. The maximum absolute atomic E-state index is 14.8. The minimum atomic E-state index is -0.611. The van der Waals surface area contributed by atoms with Crippen LogP contribution in [0.1, 0.15) is 12.8 Å². The van der Waals surface area contributed by atoms with Crippen LogP contribution in [0.15, 0.2) is 60.7 Å². The Morgan fingerprint density at radius 1 is 1.00 bits per heavy atom. The molecule has 34 heavy (non-hydrogen) atoms. The van der Waals surface area contributed by atoms with Crippen LogP contribution in [0.4, 0.5) is 10.1 Å². The number of hydrogen-bond donors (Lipinski definition) is 2. The third-order valence-electron chi connectivity index (χ3n) is 5.40. The third kappa shape index (κ3) is 6.01. The van der Waals surface area contributed by atoms with Crippen LogP contribution in [-0.4, -0.2) is 46.0 Å². The van der Waals surface area contributed by atoms with Gasteiger partial charge >= 0.3 is 0 Å². The Kier molecular flexibility index (Phi) is 7.59. The summed E-state index contributed by atoms with van der Waals surface area (Å²) in [5.74, 6) is 0.238. The lowest BCUT2D eigenvalue weighted by molar-refractivity contribution is 0.0240. The van der Waals surface area contributed by atoms with Crippen LogP contribution in [-0.2, 0) is 15.5 Å². The van der Waals surface area contributed by atoms with Gasteiger partial charge in [-0.1, -0.05) is 36.4 Å². The SMILES string of the molecule is CS(C)=O.Nc1ccc(-c2ccc(-c3nc4cc(OC5CCOCC5)[nH]c4cc3F)cc2)cc1. The van der Waals surface area contributed by atoms with Crippen molar-refractivity contribution in [2.75, 3.05) is 31.5 Å². The number of nitrogens with two attached hydrogens (primary N) is 1. The van der Waals surface area contributed by atoms with Crippen molar-refractivity contribution in [2.24, 2.45) is 0 Å². The van der Waals surface area contributed by atoms with E-state index in [0.29, 0.717) is 35.8 Å². The second-order valence-electron chi connectivity index (χ2n) is 8.26. The van der Waals surface area contributed by atoms with Crippen LogP contribution in [0.2, 0.25) is 0 Å². The number of aromatic amines is 1. The number of nitrogen functional groups attached to an aromatic ring is 1. The van der Waals surface area contributed by atoms with Crippen molar-refractivity contribution in [3.8, 4) is 28.3 Å². The molecule has 1 fully saturated rings. The lowest BCUT2D eigenvalue weighted by Gasteiger charge is -2.22. The summed E-state index contributed by atoms with van der Waals surface area (Å²) in [6.07, 6.45) is 5.09. The second-order valence-corrected chi connectivity index (χ2v) is 9.74. The fraction of sp³-hybridized carbons (Fsp3) is 0.269. The lowest BCUT2D eigenvalue weighted by Crippen LogP contribution is -2.25. The van der Waals surface area contributed by atoms with Gasteiger partial charge in [-0.2, -0.15) is 0 Å². The molecule has 8 heteroatoms. The summed E-state index contributed by atoms with van der Waals surface area (Å²) in [5, 5.41) is 0. The highest BCUT2D eigenvalue weighted by Gasteiger charge is 2.17. The molecule has 0 saturated carbocycles. The van der Waals surface area contributed by atoms with E-state index in [-0.39, 0.29) is 11.9 Å². The van der Waals surface area contributed by atoms with Crippen molar-refractivity contribution >= 4 is 27.5 Å². The van der Waals surface area contributed by atoms with Crippen molar-refractivity contribution in [1.29, 1.82) is 0 Å². The third-order valence-corrected chi connectivity index (χ3v) is 5.40. The molecule has 2 aromatic carbocycles. The van der Waals surface area contributed by atoms with Crippen molar-refractivity contribution in [3.05, 3.63) is 66.5 Å². The fourth-order valence-corrected chi connectivity index (χ4v) is 3.74. The van der Waals surface area contributed by atoms with E-state index in [4.69, 9.17) is 15.2 Å². The molecule has 3 heterocycles. The van der Waals surface area contributed by atoms with Gasteiger partial charge < -0.3 is 20.2 Å². The molecule has 0 atom stereocenters. The number of halogens is 1. The van der Waals surface area contributed by atoms with Gasteiger partial charge in [-0.3, -0.25) is 4.21 Å².